The van der Waals surface area contributed by atoms with E-state index in [2.05, 4.69) is 20.6 Å². The number of β-lactam (4-membered cyclic amide) rings is 1. The molecular weight excluding hydrogens is 521 g/mol. The van der Waals surface area contributed by atoms with Crippen LogP contribution in [0.25, 0.3) is 11.0 Å². The molecule has 1 aromatic carbocycles. The summed E-state index contributed by atoms with van der Waals surface area (Å²) < 4.78 is -0.746. The molecule has 13 heteroatoms. The van der Waals surface area contributed by atoms with Crippen LogP contribution in [0.4, 0.5) is 0 Å². The fraction of sp³-hybridized carbons (Fsp3) is 0.280. The van der Waals surface area contributed by atoms with Gasteiger partial charge in [0, 0.05) is 46.7 Å². The van der Waals surface area contributed by atoms with E-state index in [1.165, 1.54) is 29.1 Å². The second-order valence-corrected chi connectivity index (χ2v) is 11.1. The van der Waals surface area contributed by atoms with Crippen LogP contribution < -0.4 is 16.1 Å². The van der Waals surface area contributed by atoms with Crippen molar-refractivity contribution in [2.24, 2.45) is 0 Å². The summed E-state index contributed by atoms with van der Waals surface area (Å²) >= 11 is 1.30. The number of rotatable bonds is 6. The van der Waals surface area contributed by atoms with E-state index in [1.54, 1.807) is 56.3 Å². The average molecular weight is 545 g/mol. The molecule has 2 fully saturated rings. The van der Waals surface area contributed by atoms with Crippen LogP contribution in [0.2, 0.25) is 0 Å². The largest absolute Gasteiger partial charge is 0.480 e. The molecule has 1 radical (unpaired) electrons. The minimum atomic E-state index is -1.22. The number of hydrogen-bond donors (Lipinski definition) is 4. The van der Waals surface area contributed by atoms with Crippen molar-refractivity contribution in [1.82, 2.24) is 25.5 Å². The van der Waals surface area contributed by atoms with Gasteiger partial charge in [-0.3, -0.25) is 24.2 Å². The topological polar surface area (TPSA) is 162 Å². The van der Waals surface area contributed by atoms with Crippen LogP contribution in [-0.4, -0.2) is 95.4 Å². The number of benzene rings is 1. The quantitative estimate of drug-likeness (QED) is 0.260. The van der Waals surface area contributed by atoms with Crippen LogP contribution in [0, 0.1) is 0 Å². The number of carbonyl (C=O) groups is 4. The molecule has 11 nitrogen and oxygen atoms in total. The maximum Gasteiger partial charge on any atom is 0.327 e. The number of nitrogens with one attached hydrogen (secondary N) is 3. The molecule has 2 aliphatic rings. The minimum Gasteiger partial charge on any atom is -0.480 e. The summed E-state index contributed by atoms with van der Waals surface area (Å²) in [5.74, 6) is -3.06. The molecule has 2 saturated heterocycles. The van der Waals surface area contributed by atoms with Gasteiger partial charge < -0.3 is 25.6 Å². The van der Waals surface area contributed by atoms with Gasteiger partial charge in [-0.15, -0.1) is 11.8 Å². The van der Waals surface area contributed by atoms with E-state index in [4.69, 9.17) is 0 Å². The summed E-state index contributed by atoms with van der Waals surface area (Å²) in [5.41, 5.74) is 0.183. The Morgan fingerprint density at radius 1 is 1.13 bits per heavy atom. The van der Waals surface area contributed by atoms with Gasteiger partial charge in [0.05, 0.1) is 5.52 Å². The van der Waals surface area contributed by atoms with Gasteiger partial charge in [0.1, 0.15) is 34.6 Å². The number of aromatic nitrogens is 2. The van der Waals surface area contributed by atoms with Crippen LogP contribution in [0.5, 0.6) is 0 Å². The normalized spacial score (nSPS) is 22.0. The van der Waals surface area contributed by atoms with Crippen LogP contribution in [0.15, 0.2) is 59.7 Å². The van der Waals surface area contributed by atoms with E-state index in [1.807, 2.05) is 0 Å². The van der Waals surface area contributed by atoms with Crippen molar-refractivity contribution in [2.75, 3.05) is 0 Å². The molecule has 5 rings (SSSR count). The van der Waals surface area contributed by atoms with E-state index in [-0.39, 0.29) is 40.6 Å². The van der Waals surface area contributed by atoms with Crippen LogP contribution >= 0.6 is 11.8 Å². The first-order valence-corrected chi connectivity index (χ1v) is 12.3. The van der Waals surface area contributed by atoms with Crippen LogP contribution in [0.3, 0.4) is 0 Å². The predicted octanol–water partition coefficient (Wildman–Crippen LogP) is 0.645. The number of aromatic amines is 1. The number of aliphatic carboxylic acids is 1. The molecule has 3 amide bonds. The van der Waals surface area contributed by atoms with Crippen LogP contribution in [-0.2, 0) is 14.4 Å². The summed E-state index contributed by atoms with van der Waals surface area (Å²) in [6.07, 6.45) is 2.70. The molecule has 0 saturated carbocycles. The Morgan fingerprint density at radius 3 is 2.53 bits per heavy atom. The minimum absolute atomic E-state index is 0. The zero-order valence-corrected chi connectivity index (χ0v) is 23.6. The molecule has 191 valence electrons. The van der Waals surface area contributed by atoms with E-state index in [0.717, 1.165) is 0 Å². The Labute approximate surface area is 243 Å². The molecule has 4 atom stereocenters. The Bertz CT molecular complexity index is 1500. The average Bonchev–Trinajstić information content (AvgIpc) is 3.14. The second kappa shape index (κ2) is 10.5. The van der Waals surface area contributed by atoms with E-state index in [9.17, 15) is 29.1 Å². The number of thioether (sulfide) groups is 1. The molecule has 2 aliphatic heterocycles. The summed E-state index contributed by atoms with van der Waals surface area (Å²) in [6.45, 7) is 3.48. The maximum absolute atomic E-state index is 13.4. The van der Waals surface area contributed by atoms with Crippen molar-refractivity contribution in [3.8, 4) is 0 Å². The number of fused-ring (bicyclic) bond motifs is 2. The number of carboxylic acid groups (broad SMARTS) is 1. The fourth-order valence-electron chi connectivity index (χ4n) is 4.75. The fourth-order valence-corrected chi connectivity index (χ4v) is 6.38. The third kappa shape index (κ3) is 4.73. The molecule has 3 aromatic rings. The number of hydrogen-bond acceptors (Lipinski definition) is 7. The van der Waals surface area contributed by atoms with Crippen molar-refractivity contribution >= 4 is 76.0 Å². The molecule has 0 unspecified atom stereocenters. The zero-order valence-electron chi connectivity index (χ0n) is 20.8. The SMILES string of the molecule is CC1(C)S[C@@H]2[C@H](NC(=O)[C@H](NC(=O)c3c[nH]c4cccnc4c3=O)c3ccccc3)C(=O)N2[C@H]1C(=O)O.[Na]. The van der Waals surface area contributed by atoms with Gasteiger partial charge in [0.2, 0.25) is 17.2 Å². The maximum atomic E-state index is 13.4. The summed E-state index contributed by atoms with van der Waals surface area (Å²) in [5, 5.41) is 14.3. The smallest absolute Gasteiger partial charge is 0.327 e. The number of H-pyrrole nitrogens is 1. The summed E-state index contributed by atoms with van der Waals surface area (Å²) in [7, 11) is 0. The molecule has 0 spiro atoms. The van der Waals surface area contributed by atoms with E-state index in [0.29, 0.717) is 11.1 Å². The number of nitrogens with zero attached hydrogens (tertiary/aromatic N) is 2. The van der Waals surface area contributed by atoms with Gasteiger partial charge in [-0.2, -0.15) is 0 Å². The van der Waals surface area contributed by atoms with Crippen molar-refractivity contribution in [3.05, 3.63) is 76.2 Å². The Morgan fingerprint density at radius 2 is 1.84 bits per heavy atom. The number of amides is 3. The third-order valence-corrected chi connectivity index (χ3v) is 8.10. The van der Waals surface area contributed by atoms with Crippen LogP contribution in [0.1, 0.15) is 35.8 Å². The monoisotopic (exact) mass is 544 g/mol. The van der Waals surface area contributed by atoms with E-state index < -0.39 is 57.4 Å². The first-order chi connectivity index (χ1) is 17.6. The van der Waals surface area contributed by atoms with E-state index >= 15 is 0 Å². The zero-order chi connectivity index (χ0) is 26.5. The van der Waals surface area contributed by atoms with Crippen molar-refractivity contribution < 1.29 is 24.3 Å². The standard InChI is InChI=1S/C25H23N5O6S.Na/c1-25(2)19(24(35)36)30-22(34)17(23(30)37-25)29-21(33)15(12-7-4-3-5-8-12)28-20(32)13-11-27-14-9-6-10-26-16(14)18(13)31;/h3-11,15,17,19,23H,1-2H3,(H,27,31)(H,28,32)(H,29,33)(H,35,36);/t15-,17-,19+,23-;/m1./s1. The van der Waals surface area contributed by atoms with Gasteiger partial charge in [0.15, 0.2) is 0 Å². The molecular formula is C25H23N5NaO6S. The van der Waals surface area contributed by atoms with Crippen molar-refractivity contribution in [3.63, 3.8) is 0 Å². The van der Waals surface area contributed by atoms with Crippen molar-refractivity contribution in [2.45, 2.75) is 42.1 Å². The molecule has 4 N–H and O–H groups in total. The first kappa shape index (κ1) is 27.8. The van der Waals surface area contributed by atoms with Gasteiger partial charge in [-0.25, -0.2) is 4.79 Å². The van der Waals surface area contributed by atoms with Gasteiger partial charge in [-0.05, 0) is 31.5 Å². The second-order valence-electron chi connectivity index (χ2n) is 9.33. The number of carbonyl (C=O) groups excluding carboxylic acids is 3. The first-order valence-electron chi connectivity index (χ1n) is 11.5. The molecule has 2 aromatic heterocycles. The van der Waals surface area contributed by atoms with Gasteiger partial charge in [-0.1, -0.05) is 30.3 Å². The summed E-state index contributed by atoms with van der Waals surface area (Å²) in [4.78, 5) is 72.2. The number of pyridine rings is 2. The molecule has 4 heterocycles. The Balaban J connectivity index is 0.00000336. The predicted molar refractivity (Wildman–Crippen MR) is 140 cm³/mol. The summed E-state index contributed by atoms with van der Waals surface area (Å²) in [6, 6.07) is 8.54. The third-order valence-electron chi connectivity index (χ3n) is 6.53. The van der Waals surface area contributed by atoms with Crippen molar-refractivity contribution in [1.29, 1.82) is 0 Å². The number of carboxylic acids is 1. The molecule has 0 aliphatic carbocycles. The van der Waals surface area contributed by atoms with Gasteiger partial charge in [0.25, 0.3) is 5.91 Å². The molecule has 38 heavy (non-hydrogen) atoms. The van der Waals surface area contributed by atoms with Gasteiger partial charge >= 0.3 is 5.97 Å². The Kier molecular flexibility index (Phi) is 7.71. The molecule has 0 bridgehead atoms. The Hall–Kier alpha value is -3.19.